The number of benzene rings is 2. The summed E-state index contributed by atoms with van der Waals surface area (Å²) in [6, 6.07) is 9.40. The Hall–Kier alpha value is -2.17. The van der Waals surface area contributed by atoms with E-state index in [2.05, 4.69) is 0 Å². The molecule has 0 saturated heterocycles. The van der Waals surface area contributed by atoms with E-state index in [0.717, 1.165) is 6.07 Å². The van der Waals surface area contributed by atoms with Crippen molar-refractivity contribution in [2.75, 3.05) is 5.73 Å². The van der Waals surface area contributed by atoms with Gasteiger partial charge in [0.15, 0.2) is 0 Å². The molecule has 0 saturated carbocycles. The molecule has 0 aliphatic heterocycles. The summed E-state index contributed by atoms with van der Waals surface area (Å²) in [4.78, 5) is 0. The number of alkyl halides is 3. The van der Waals surface area contributed by atoms with Gasteiger partial charge in [-0.25, -0.2) is 0 Å². The number of halogens is 3. The van der Waals surface area contributed by atoms with Gasteiger partial charge in [-0.3, -0.25) is 0 Å². The van der Waals surface area contributed by atoms with Gasteiger partial charge in [-0.1, -0.05) is 12.1 Å². The minimum absolute atomic E-state index is 0.273. The minimum Gasteiger partial charge on any atom is -0.508 e. The summed E-state index contributed by atoms with van der Waals surface area (Å²) >= 11 is 0. The number of phenolic OH excluding ortho intramolecular Hbond substituents is 1. The third-order valence-electron chi connectivity index (χ3n) is 2.47. The van der Waals surface area contributed by atoms with Gasteiger partial charge >= 0.3 is 6.18 Å². The number of aromatic hydroxyl groups is 1. The standard InChI is InChI=1S/C13H10F3NO/c14-13(15,16)10-4-9(6-12(18)7-10)8-2-1-3-11(17)5-8/h1-7,18H,17H2. The lowest BCUT2D eigenvalue weighted by Crippen LogP contribution is -2.04. The molecule has 94 valence electrons. The number of hydrogen-bond acceptors (Lipinski definition) is 2. The first kappa shape index (κ1) is 12.3. The van der Waals surface area contributed by atoms with Crippen molar-refractivity contribution in [1.29, 1.82) is 0 Å². The molecule has 0 bridgehead atoms. The lowest BCUT2D eigenvalue weighted by Gasteiger charge is -2.10. The van der Waals surface area contributed by atoms with E-state index in [9.17, 15) is 18.3 Å². The van der Waals surface area contributed by atoms with Crippen molar-refractivity contribution < 1.29 is 18.3 Å². The molecule has 0 spiro atoms. The predicted octanol–water partition coefficient (Wildman–Crippen LogP) is 3.66. The van der Waals surface area contributed by atoms with Gasteiger partial charge in [0, 0.05) is 5.69 Å². The molecular formula is C13H10F3NO. The smallest absolute Gasteiger partial charge is 0.416 e. The topological polar surface area (TPSA) is 46.2 Å². The molecule has 0 fully saturated rings. The summed E-state index contributed by atoms with van der Waals surface area (Å²) in [6.45, 7) is 0. The summed E-state index contributed by atoms with van der Waals surface area (Å²) in [6.07, 6.45) is -4.49. The van der Waals surface area contributed by atoms with E-state index in [1.807, 2.05) is 0 Å². The van der Waals surface area contributed by atoms with Gasteiger partial charge < -0.3 is 10.8 Å². The molecular weight excluding hydrogens is 243 g/mol. The second-order valence-corrected chi connectivity index (χ2v) is 3.89. The molecule has 2 rings (SSSR count). The van der Waals surface area contributed by atoms with Crippen molar-refractivity contribution in [1.82, 2.24) is 0 Å². The van der Waals surface area contributed by atoms with Crippen molar-refractivity contribution in [3.63, 3.8) is 0 Å². The normalized spacial score (nSPS) is 11.5. The molecule has 0 aliphatic rings. The maximum Gasteiger partial charge on any atom is 0.416 e. The summed E-state index contributed by atoms with van der Waals surface area (Å²) in [5, 5.41) is 9.36. The first-order valence-electron chi connectivity index (χ1n) is 5.13. The average molecular weight is 253 g/mol. The molecule has 0 heterocycles. The van der Waals surface area contributed by atoms with Gasteiger partial charge in [-0.15, -0.1) is 0 Å². The Labute approximate surface area is 101 Å². The van der Waals surface area contributed by atoms with Gasteiger partial charge in [-0.2, -0.15) is 13.2 Å². The molecule has 3 N–H and O–H groups in total. The Morgan fingerprint density at radius 3 is 2.28 bits per heavy atom. The van der Waals surface area contributed by atoms with Crippen LogP contribution in [0.2, 0.25) is 0 Å². The number of nitrogens with two attached hydrogens (primary N) is 1. The van der Waals surface area contributed by atoms with Gasteiger partial charge in [0.1, 0.15) is 5.75 Å². The second kappa shape index (κ2) is 4.25. The van der Waals surface area contributed by atoms with E-state index < -0.39 is 17.5 Å². The van der Waals surface area contributed by atoms with E-state index >= 15 is 0 Å². The zero-order chi connectivity index (χ0) is 13.3. The Balaban J connectivity index is 2.55. The highest BCUT2D eigenvalue weighted by atomic mass is 19.4. The van der Waals surface area contributed by atoms with Gasteiger partial charge in [0.25, 0.3) is 0 Å². The van der Waals surface area contributed by atoms with Crippen LogP contribution in [-0.4, -0.2) is 5.11 Å². The fourth-order valence-corrected chi connectivity index (χ4v) is 1.66. The third-order valence-corrected chi connectivity index (χ3v) is 2.47. The highest BCUT2D eigenvalue weighted by Gasteiger charge is 2.31. The number of phenols is 1. The van der Waals surface area contributed by atoms with Crippen LogP contribution in [0.3, 0.4) is 0 Å². The predicted molar refractivity (Wildman–Crippen MR) is 63.0 cm³/mol. The quantitative estimate of drug-likeness (QED) is 0.762. The summed E-state index contributed by atoms with van der Waals surface area (Å²) in [7, 11) is 0. The Morgan fingerprint density at radius 1 is 0.944 bits per heavy atom. The Bertz CT molecular complexity index is 579. The summed E-state index contributed by atoms with van der Waals surface area (Å²) < 4.78 is 37.8. The van der Waals surface area contributed by atoms with E-state index in [0.29, 0.717) is 17.3 Å². The molecule has 0 radical (unpaired) electrons. The van der Waals surface area contributed by atoms with Crippen molar-refractivity contribution in [2.24, 2.45) is 0 Å². The van der Waals surface area contributed by atoms with Gasteiger partial charge in [0.2, 0.25) is 0 Å². The average Bonchev–Trinajstić information content (AvgIpc) is 2.27. The zero-order valence-corrected chi connectivity index (χ0v) is 9.20. The Morgan fingerprint density at radius 2 is 1.67 bits per heavy atom. The van der Waals surface area contributed by atoms with Crippen LogP contribution < -0.4 is 5.73 Å². The fraction of sp³-hybridized carbons (Fsp3) is 0.0769. The molecule has 0 unspecified atom stereocenters. The van der Waals surface area contributed by atoms with Gasteiger partial charge in [-0.05, 0) is 41.5 Å². The van der Waals surface area contributed by atoms with E-state index in [1.165, 1.54) is 6.07 Å². The minimum atomic E-state index is -4.49. The van der Waals surface area contributed by atoms with Crippen LogP contribution in [-0.2, 0) is 6.18 Å². The summed E-state index contributed by atoms with van der Waals surface area (Å²) in [5.41, 5.74) is 5.93. The van der Waals surface area contributed by atoms with Crippen molar-refractivity contribution in [3.8, 4) is 16.9 Å². The van der Waals surface area contributed by atoms with Crippen LogP contribution in [0.1, 0.15) is 5.56 Å². The van der Waals surface area contributed by atoms with E-state index in [1.54, 1.807) is 24.3 Å². The lowest BCUT2D eigenvalue weighted by atomic mass is 10.0. The van der Waals surface area contributed by atoms with Crippen LogP contribution in [0, 0.1) is 0 Å². The second-order valence-electron chi connectivity index (χ2n) is 3.89. The monoisotopic (exact) mass is 253 g/mol. The van der Waals surface area contributed by atoms with E-state index in [-0.39, 0.29) is 5.56 Å². The number of nitrogen functional groups attached to an aromatic ring is 1. The third kappa shape index (κ3) is 2.56. The van der Waals surface area contributed by atoms with Crippen molar-refractivity contribution >= 4 is 5.69 Å². The molecule has 0 aromatic heterocycles. The van der Waals surface area contributed by atoms with Crippen molar-refractivity contribution in [2.45, 2.75) is 6.18 Å². The Kier molecular flexibility index (Phi) is 2.90. The first-order chi connectivity index (χ1) is 8.36. The molecule has 2 aromatic rings. The van der Waals surface area contributed by atoms with Crippen LogP contribution in [0.4, 0.5) is 18.9 Å². The van der Waals surface area contributed by atoms with Crippen LogP contribution in [0.25, 0.3) is 11.1 Å². The molecule has 2 aromatic carbocycles. The van der Waals surface area contributed by atoms with Crippen molar-refractivity contribution in [3.05, 3.63) is 48.0 Å². The van der Waals surface area contributed by atoms with E-state index in [4.69, 9.17) is 5.73 Å². The molecule has 18 heavy (non-hydrogen) atoms. The first-order valence-corrected chi connectivity index (χ1v) is 5.13. The molecule has 2 nitrogen and oxygen atoms in total. The highest BCUT2D eigenvalue weighted by molar-refractivity contribution is 5.69. The van der Waals surface area contributed by atoms with Crippen LogP contribution >= 0.6 is 0 Å². The van der Waals surface area contributed by atoms with Gasteiger partial charge in [0.05, 0.1) is 5.56 Å². The summed E-state index contributed by atoms with van der Waals surface area (Å²) in [5.74, 6) is -0.428. The zero-order valence-electron chi connectivity index (χ0n) is 9.20. The molecule has 0 aliphatic carbocycles. The van der Waals surface area contributed by atoms with Crippen LogP contribution in [0.5, 0.6) is 5.75 Å². The fourth-order valence-electron chi connectivity index (χ4n) is 1.66. The maximum absolute atomic E-state index is 12.6. The SMILES string of the molecule is Nc1cccc(-c2cc(O)cc(C(F)(F)F)c2)c1. The molecule has 0 amide bonds. The lowest BCUT2D eigenvalue weighted by molar-refractivity contribution is -0.137. The molecule has 0 atom stereocenters. The molecule has 5 heteroatoms. The van der Waals surface area contributed by atoms with Crippen LogP contribution in [0.15, 0.2) is 42.5 Å². The number of rotatable bonds is 1. The highest BCUT2D eigenvalue weighted by Crippen LogP contribution is 2.35. The largest absolute Gasteiger partial charge is 0.508 e. The maximum atomic E-state index is 12.6. The number of anilines is 1. The number of hydrogen-bond donors (Lipinski definition) is 2.